The van der Waals surface area contributed by atoms with Crippen LogP contribution in [0.5, 0.6) is 0 Å². The van der Waals surface area contributed by atoms with Gasteiger partial charge in [0.15, 0.2) is 14.6 Å². The third-order valence-electron chi connectivity index (χ3n) is 6.35. The first-order chi connectivity index (χ1) is 17.7. The number of hydrogen-bond donors (Lipinski definition) is 2. The van der Waals surface area contributed by atoms with Gasteiger partial charge in [-0.1, -0.05) is 30.3 Å². The Morgan fingerprint density at radius 3 is 2.26 bits per heavy atom. The number of nitrogens with one attached hydrogen (secondary N) is 1. The van der Waals surface area contributed by atoms with Crippen molar-refractivity contribution in [2.24, 2.45) is 0 Å². The highest BCUT2D eigenvalue weighted by atomic mass is 32.2. The lowest BCUT2D eigenvalue weighted by molar-refractivity contribution is -0.199. The summed E-state index contributed by atoms with van der Waals surface area (Å²) in [6.07, 6.45) is -2.81. The van der Waals surface area contributed by atoms with Gasteiger partial charge in [-0.25, -0.2) is 18.7 Å². The average molecular weight is 555 g/mol. The summed E-state index contributed by atoms with van der Waals surface area (Å²) in [7, 11) is -3.91. The van der Waals surface area contributed by atoms with Gasteiger partial charge in [0.05, 0.1) is 6.61 Å². The summed E-state index contributed by atoms with van der Waals surface area (Å²) in [5.41, 5.74) is 3.21. The number of esters is 1. The van der Waals surface area contributed by atoms with E-state index in [0.717, 1.165) is 17.4 Å². The molecule has 2 N–H and O–H groups in total. The standard InChI is InChI=1S/C25H25F3N2O7S/c1-24(22(32)29-34,38(2,35)36)11-13-30-12-9-19-15-18(7-8-20(19)21(30)31)17-5-3-16(4-6-17)10-14-37-23(33)25(26,27)28/h3-9,12,15,34H,10-11,13-14H2,1-2H3,(H,29,32)/t24-/m1/s1. The van der Waals surface area contributed by atoms with Gasteiger partial charge in [0, 0.05) is 30.8 Å². The van der Waals surface area contributed by atoms with E-state index in [1.807, 2.05) is 0 Å². The Bertz CT molecular complexity index is 1520. The number of nitrogens with zero attached hydrogens (tertiary/aromatic N) is 1. The van der Waals surface area contributed by atoms with Gasteiger partial charge >= 0.3 is 12.1 Å². The molecule has 1 atom stereocenters. The molecule has 3 rings (SSSR count). The van der Waals surface area contributed by atoms with Crippen molar-refractivity contribution in [1.82, 2.24) is 10.0 Å². The maximum absolute atomic E-state index is 13.0. The number of alkyl halides is 3. The van der Waals surface area contributed by atoms with Crippen LogP contribution >= 0.6 is 0 Å². The minimum atomic E-state index is -5.03. The Hall–Kier alpha value is -3.71. The van der Waals surface area contributed by atoms with E-state index in [1.54, 1.807) is 48.5 Å². The van der Waals surface area contributed by atoms with Crippen molar-refractivity contribution in [2.45, 2.75) is 37.2 Å². The number of fused-ring (bicyclic) bond motifs is 1. The fourth-order valence-corrected chi connectivity index (χ4v) is 4.61. The quantitative estimate of drug-likeness (QED) is 0.236. The third-order valence-corrected chi connectivity index (χ3v) is 8.38. The van der Waals surface area contributed by atoms with Crippen LogP contribution in [0.1, 0.15) is 18.9 Å². The summed E-state index contributed by atoms with van der Waals surface area (Å²) in [4.78, 5) is 35.8. The van der Waals surface area contributed by atoms with Gasteiger partial charge in [0.25, 0.3) is 11.5 Å². The number of hydrogen-bond acceptors (Lipinski definition) is 7. The molecule has 13 heteroatoms. The van der Waals surface area contributed by atoms with Crippen LogP contribution in [0.2, 0.25) is 0 Å². The lowest BCUT2D eigenvalue weighted by Crippen LogP contribution is -2.49. The van der Waals surface area contributed by atoms with Crippen LogP contribution in [-0.2, 0) is 37.1 Å². The lowest BCUT2D eigenvalue weighted by Gasteiger charge is -2.25. The zero-order chi connectivity index (χ0) is 28.3. The van der Waals surface area contributed by atoms with Gasteiger partial charge in [-0.15, -0.1) is 0 Å². The van der Waals surface area contributed by atoms with E-state index in [2.05, 4.69) is 4.74 Å². The number of sulfone groups is 1. The molecular weight excluding hydrogens is 529 g/mol. The Morgan fingerprint density at radius 1 is 1.05 bits per heavy atom. The Balaban J connectivity index is 1.76. The summed E-state index contributed by atoms with van der Waals surface area (Å²) in [5.74, 6) is -3.32. The number of pyridine rings is 1. The van der Waals surface area contributed by atoms with E-state index < -0.39 is 44.8 Å². The number of rotatable bonds is 9. The van der Waals surface area contributed by atoms with Crippen molar-refractivity contribution in [3.05, 3.63) is 70.6 Å². The molecule has 0 fully saturated rings. The highest BCUT2D eigenvalue weighted by Crippen LogP contribution is 2.25. The molecule has 1 aromatic heterocycles. The second-order valence-electron chi connectivity index (χ2n) is 8.89. The number of carbonyl (C=O) groups excluding carboxylic acids is 2. The van der Waals surface area contributed by atoms with E-state index in [0.29, 0.717) is 16.3 Å². The summed E-state index contributed by atoms with van der Waals surface area (Å²) in [5, 5.41) is 9.94. The maximum atomic E-state index is 13.0. The summed E-state index contributed by atoms with van der Waals surface area (Å²) >= 11 is 0. The van der Waals surface area contributed by atoms with Crippen LogP contribution < -0.4 is 11.0 Å². The molecule has 0 aliphatic carbocycles. The Kier molecular flexibility index (Phi) is 8.32. The first-order valence-corrected chi connectivity index (χ1v) is 13.2. The smallest absolute Gasteiger partial charge is 0.459 e. The van der Waals surface area contributed by atoms with Gasteiger partial charge in [0.1, 0.15) is 0 Å². The van der Waals surface area contributed by atoms with Gasteiger partial charge < -0.3 is 9.30 Å². The Morgan fingerprint density at radius 2 is 1.68 bits per heavy atom. The van der Waals surface area contributed by atoms with E-state index in [9.17, 15) is 36.0 Å². The van der Waals surface area contributed by atoms with Gasteiger partial charge in [-0.05, 0) is 53.6 Å². The fourth-order valence-electron chi connectivity index (χ4n) is 3.77. The average Bonchev–Trinajstić information content (AvgIpc) is 2.86. The second kappa shape index (κ2) is 11.0. The molecule has 0 saturated heterocycles. The summed E-state index contributed by atoms with van der Waals surface area (Å²) < 4.78 is 64.5. The molecule has 9 nitrogen and oxygen atoms in total. The SMILES string of the molecule is C[C@@](CCn1ccc2cc(-c3ccc(CCOC(=O)C(F)(F)F)cc3)ccc2c1=O)(C(=O)NO)S(C)(=O)=O. The van der Waals surface area contributed by atoms with Crippen molar-refractivity contribution >= 4 is 32.5 Å². The van der Waals surface area contributed by atoms with Crippen LogP contribution in [0.3, 0.4) is 0 Å². The van der Waals surface area contributed by atoms with Gasteiger partial charge in [0.2, 0.25) is 0 Å². The van der Waals surface area contributed by atoms with E-state index in [4.69, 9.17) is 5.21 Å². The lowest BCUT2D eigenvalue weighted by atomic mass is 10.0. The number of aromatic nitrogens is 1. The highest BCUT2D eigenvalue weighted by Gasteiger charge is 2.43. The topological polar surface area (TPSA) is 132 Å². The molecular formula is C25H25F3N2O7S. The molecule has 0 unspecified atom stereocenters. The number of aryl methyl sites for hydroxylation is 1. The molecule has 0 aliphatic heterocycles. The predicted molar refractivity (Wildman–Crippen MR) is 132 cm³/mol. The molecule has 0 spiro atoms. The molecule has 1 heterocycles. The molecule has 0 saturated carbocycles. The number of hydroxylamine groups is 1. The number of benzene rings is 2. The van der Waals surface area contributed by atoms with Crippen molar-refractivity contribution in [1.29, 1.82) is 0 Å². The van der Waals surface area contributed by atoms with Crippen molar-refractivity contribution in [2.75, 3.05) is 12.9 Å². The molecule has 2 aromatic carbocycles. The number of carbonyl (C=O) groups is 2. The molecule has 3 aromatic rings. The van der Waals surface area contributed by atoms with Crippen LogP contribution in [0, 0.1) is 0 Å². The van der Waals surface area contributed by atoms with Gasteiger partial charge in [-0.2, -0.15) is 13.2 Å². The molecule has 1 amide bonds. The summed E-state index contributed by atoms with van der Waals surface area (Å²) in [6.45, 7) is 0.674. The third kappa shape index (κ3) is 6.22. The van der Waals surface area contributed by atoms with Crippen LogP contribution in [0.4, 0.5) is 13.2 Å². The normalized spacial score (nSPS) is 13.6. The zero-order valence-electron chi connectivity index (χ0n) is 20.4. The summed E-state index contributed by atoms with van der Waals surface area (Å²) in [6, 6.07) is 13.7. The molecule has 38 heavy (non-hydrogen) atoms. The number of amides is 1. The fraction of sp³-hybridized carbons (Fsp3) is 0.320. The first-order valence-electron chi connectivity index (χ1n) is 11.3. The molecule has 0 bridgehead atoms. The number of halogens is 3. The minimum Gasteiger partial charge on any atom is -0.459 e. The van der Waals surface area contributed by atoms with E-state index in [-0.39, 0.29) is 19.4 Å². The molecule has 204 valence electrons. The maximum Gasteiger partial charge on any atom is 0.490 e. The van der Waals surface area contributed by atoms with E-state index >= 15 is 0 Å². The van der Waals surface area contributed by atoms with Gasteiger partial charge in [-0.3, -0.25) is 14.8 Å². The minimum absolute atomic E-state index is 0.0900. The first kappa shape index (κ1) is 28.9. The predicted octanol–water partition coefficient (Wildman–Crippen LogP) is 3.02. The Labute approximate surface area is 215 Å². The molecule has 0 radical (unpaired) electrons. The zero-order valence-corrected chi connectivity index (χ0v) is 21.2. The van der Waals surface area contributed by atoms with Crippen molar-refractivity contribution in [3.63, 3.8) is 0 Å². The highest BCUT2D eigenvalue weighted by molar-refractivity contribution is 7.92. The second-order valence-corrected chi connectivity index (χ2v) is 11.3. The number of ether oxygens (including phenoxy) is 1. The largest absolute Gasteiger partial charge is 0.490 e. The van der Waals surface area contributed by atoms with Crippen LogP contribution in [-0.4, -0.2) is 53.9 Å². The van der Waals surface area contributed by atoms with Crippen LogP contribution in [0.25, 0.3) is 21.9 Å². The van der Waals surface area contributed by atoms with Crippen molar-refractivity contribution in [3.8, 4) is 11.1 Å². The molecule has 0 aliphatic rings. The van der Waals surface area contributed by atoms with Crippen molar-refractivity contribution < 1.29 is 41.1 Å². The monoisotopic (exact) mass is 554 g/mol. The van der Waals surface area contributed by atoms with Crippen LogP contribution in [0.15, 0.2) is 59.5 Å². The van der Waals surface area contributed by atoms with E-state index in [1.165, 1.54) is 23.2 Å².